The van der Waals surface area contributed by atoms with Gasteiger partial charge in [0.1, 0.15) is 5.54 Å². The molecular weight excluding hydrogens is 336 g/mol. The molecule has 0 radical (unpaired) electrons. The van der Waals surface area contributed by atoms with E-state index in [-0.39, 0.29) is 30.6 Å². The number of aliphatic imine (C=N–C) groups is 1. The topological polar surface area (TPSA) is 139 Å². The summed E-state index contributed by atoms with van der Waals surface area (Å²) >= 11 is 0. The van der Waals surface area contributed by atoms with Crippen molar-refractivity contribution in [1.29, 1.82) is 0 Å². The molecule has 5 N–H and O–H groups in total. The lowest BCUT2D eigenvalue weighted by molar-refractivity contribution is -0.129. The Bertz CT molecular complexity index is 707. The number of nitrogens with two attached hydrogens (primary N) is 2. The molecule has 1 aromatic carbocycles. The molecule has 1 atom stereocenters. The number of carbonyl (C=O) groups excluding carboxylic acids is 3. The summed E-state index contributed by atoms with van der Waals surface area (Å²) < 4.78 is 0. The van der Waals surface area contributed by atoms with Gasteiger partial charge in [0.25, 0.3) is 11.8 Å². The fourth-order valence-corrected chi connectivity index (χ4v) is 3.25. The van der Waals surface area contributed by atoms with E-state index in [1.807, 2.05) is 0 Å². The fourth-order valence-electron chi connectivity index (χ4n) is 3.25. The summed E-state index contributed by atoms with van der Waals surface area (Å²) in [5, 5.41) is 9.48. The van der Waals surface area contributed by atoms with Crippen LogP contribution in [0, 0.1) is 0 Å². The smallest absolute Gasteiger partial charge is 0.262 e. The van der Waals surface area contributed by atoms with Gasteiger partial charge < -0.3 is 16.6 Å². The first-order chi connectivity index (χ1) is 12.3. The Hall–Kier alpha value is -2.74. The van der Waals surface area contributed by atoms with Crippen molar-refractivity contribution in [3.8, 4) is 0 Å². The summed E-state index contributed by atoms with van der Waals surface area (Å²) in [5.41, 5.74) is 10.0. The minimum absolute atomic E-state index is 0.104. The molecule has 140 valence electrons. The third-order valence-electron chi connectivity index (χ3n) is 4.57. The number of hydrogen-bond donors (Lipinski definition) is 3. The van der Waals surface area contributed by atoms with Crippen LogP contribution in [0.25, 0.3) is 0 Å². The zero-order valence-electron chi connectivity index (χ0n) is 14.8. The Morgan fingerprint density at radius 3 is 2.15 bits per heavy atom. The van der Waals surface area contributed by atoms with Crippen LogP contribution >= 0.6 is 0 Å². The molecule has 26 heavy (non-hydrogen) atoms. The van der Waals surface area contributed by atoms with Crippen molar-refractivity contribution in [2.45, 2.75) is 38.1 Å². The molecule has 0 bridgehead atoms. The van der Waals surface area contributed by atoms with Crippen molar-refractivity contribution in [3.05, 3.63) is 35.4 Å². The van der Waals surface area contributed by atoms with Crippen molar-refractivity contribution in [2.75, 3.05) is 13.2 Å². The highest BCUT2D eigenvalue weighted by molar-refractivity contribution is 6.23. The number of aliphatic hydroxyl groups is 1. The highest BCUT2D eigenvalue weighted by atomic mass is 16.3. The molecule has 0 spiro atoms. The number of rotatable bonds is 9. The molecule has 3 amide bonds. The molecule has 1 aliphatic heterocycles. The van der Waals surface area contributed by atoms with E-state index in [0.717, 1.165) is 4.90 Å². The van der Waals surface area contributed by atoms with Crippen LogP contribution in [-0.4, -0.2) is 52.3 Å². The summed E-state index contributed by atoms with van der Waals surface area (Å²) in [5.74, 6) is -1.47. The number of aliphatic hydroxyl groups excluding tert-OH is 1. The van der Waals surface area contributed by atoms with E-state index in [1.165, 1.54) is 0 Å². The normalized spacial score (nSPS) is 16.5. The van der Waals surface area contributed by atoms with Gasteiger partial charge in [-0.2, -0.15) is 0 Å². The summed E-state index contributed by atoms with van der Waals surface area (Å²) in [6.45, 7) is 1.77. The average molecular weight is 360 g/mol. The minimum Gasteiger partial charge on any atom is -0.396 e. The van der Waals surface area contributed by atoms with E-state index in [2.05, 4.69) is 4.99 Å². The maximum absolute atomic E-state index is 12.8. The number of unbranched alkanes of at least 4 members (excludes halogenated alkanes) is 1. The number of imide groups is 1. The van der Waals surface area contributed by atoms with Gasteiger partial charge in [0.15, 0.2) is 0 Å². The van der Waals surface area contributed by atoms with Crippen molar-refractivity contribution in [2.24, 2.45) is 16.5 Å². The van der Waals surface area contributed by atoms with Crippen LogP contribution in [0.1, 0.15) is 53.3 Å². The average Bonchev–Trinajstić information content (AvgIpc) is 2.85. The van der Waals surface area contributed by atoms with Gasteiger partial charge in [-0.05, 0) is 38.3 Å². The van der Waals surface area contributed by atoms with Gasteiger partial charge >= 0.3 is 0 Å². The molecule has 1 heterocycles. The van der Waals surface area contributed by atoms with Gasteiger partial charge in [-0.1, -0.05) is 12.1 Å². The molecular formula is C18H24N4O4. The summed E-state index contributed by atoms with van der Waals surface area (Å²) in [6.07, 6.45) is 1.16. The molecule has 1 aromatic rings. The monoisotopic (exact) mass is 360 g/mol. The van der Waals surface area contributed by atoms with Gasteiger partial charge in [-0.25, -0.2) is 0 Å². The van der Waals surface area contributed by atoms with Crippen LogP contribution in [0.3, 0.4) is 0 Å². The molecule has 1 aliphatic rings. The van der Waals surface area contributed by atoms with Gasteiger partial charge in [-0.15, -0.1) is 0 Å². The lowest BCUT2D eigenvalue weighted by Crippen LogP contribution is -2.60. The predicted molar refractivity (Wildman–Crippen MR) is 96.6 cm³/mol. The second-order valence-corrected chi connectivity index (χ2v) is 6.34. The Balaban J connectivity index is 2.30. The number of benzene rings is 1. The van der Waals surface area contributed by atoms with Crippen molar-refractivity contribution in [1.82, 2.24) is 4.90 Å². The lowest BCUT2D eigenvalue weighted by atomic mass is 9.86. The summed E-state index contributed by atoms with van der Waals surface area (Å²) in [6, 6.07) is 6.38. The van der Waals surface area contributed by atoms with Crippen LogP contribution in [-0.2, 0) is 4.79 Å². The molecule has 0 aromatic heterocycles. The van der Waals surface area contributed by atoms with Crippen LogP contribution in [0.5, 0.6) is 0 Å². The van der Waals surface area contributed by atoms with Gasteiger partial charge in [-0.3, -0.25) is 24.3 Å². The van der Waals surface area contributed by atoms with Gasteiger partial charge in [0.2, 0.25) is 5.91 Å². The number of nitrogens with zero attached hydrogens (tertiary/aromatic N) is 2. The minimum atomic E-state index is -1.57. The van der Waals surface area contributed by atoms with Gasteiger partial charge in [0.05, 0.1) is 17.0 Å². The SMILES string of the molecule is CC(N)=NCCCCC(CCO)(C(N)=O)N1C(=O)c2ccccc2C1=O. The zero-order valence-corrected chi connectivity index (χ0v) is 14.8. The molecule has 2 rings (SSSR count). The standard InChI is InChI=1S/C18H24N4O4/c1-12(19)21-10-5-4-8-18(9-11-23,17(20)26)22-15(24)13-6-2-3-7-14(13)16(22)25/h2-3,6-7,23H,4-5,8-11H2,1H3,(H2,19,21)(H2,20,26). The van der Waals surface area contributed by atoms with Crippen LogP contribution in [0.2, 0.25) is 0 Å². The predicted octanol–water partition coefficient (Wildman–Crippen LogP) is 0.437. The molecule has 0 fully saturated rings. The van der Waals surface area contributed by atoms with E-state index in [4.69, 9.17) is 11.5 Å². The lowest BCUT2D eigenvalue weighted by Gasteiger charge is -2.37. The third kappa shape index (κ3) is 3.60. The maximum atomic E-state index is 12.8. The Kier molecular flexibility index (Phi) is 6.10. The first-order valence-electron chi connectivity index (χ1n) is 8.50. The number of amidine groups is 1. The Labute approximate surface area is 151 Å². The summed E-state index contributed by atoms with van der Waals surface area (Å²) in [4.78, 5) is 42.9. The van der Waals surface area contributed by atoms with E-state index in [1.54, 1.807) is 31.2 Å². The van der Waals surface area contributed by atoms with E-state index >= 15 is 0 Å². The largest absolute Gasteiger partial charge is 0.396 e. The molecule has 1 unspecified atom stereocenters. The Morgan fingerprint density at radius 2 is 1.69 bits per heavy atom. The van der Waals surface area contributed by atoms with Crippen molar-refractivity contribution < 1.29 is 19.5 Å². The number of fused-ring (bicyclic) bond motifs is 1. The maximum Gasteiger partial charge on any atom is 0.262 e. The second kappa shape index (κ2) is 8.09. The van der Waals surface area contributed by atoms with Crippen LogP contribution < -0.4 is 11.5 Å². The first-order valence-corrected chi connectivity index (χ1v) is 8.50. The number of hydrogen-bond acceptors (Lipinski definition) is 5. The molecule has 0 saturated carbocycles. The van der Waals surface area contributed by atoms with Crippen LogP contribution in [0.4, 0.5) is 0 Å². The highest BCUT2D eigenvalue weighted by Crippen LogP contribution is 2.34. The van der Waals surface area contributed by atoms with E-state index in [9.17, 15) is 19.5 Å². The van der Waals surface area contributed by atoms with Crippen molar-refractivity contribution >= 4 is 23.6 Å². The fraction of sp³-hybridized carbons (Fsp3) is 0.444. The highest BCUT2D eigenvalue weighted by Gasteiger charge is 2.51. The molecule has 0 aliphatic carbocycles. The summed E-state index contributed by atoms with van der Waals surface area (Å²) in [7, 11) is 0. The van der Waals surface area contributed by atoms with E-state index < -0.39 is 23.3 Å². The number of amides is 3. The third-order valence-corrected chi connectivity index (χ3v) is 4.57. The molecule has 8 nitrogen and oxygen atoms in total. The van der Waals surface area contributed by atoms with Crippen molar-refractivity contribution in [3.63, 3.8) is 0 Å². The van der Waals surface area contributed by atoms with E-state index in [0.29, 0.717) is 25.2 Å². The Morgan fingerprint density at radius 1 is 1.12 bits per heavy atom. The second-order valence-electron chi connectivity index (χ2n) is 6.34. The zero-order chi connectivity index (χ0) is 19.3. The molecule has 0 saturated heterocycles. The molecule has 8 heteroatoms. The number of carbonyl (C=O) groups is 3. The first kappa shape index (κ1) is 19.6. The van der Waals surface area contributed by atoms with Gasteiger partial charge in [0, 0.05) is 19.6 Å². The number of primary amides is 1. The quantitative estimate of drug-likeness (QED) is 0.254. The van der Waals surface area contributed by atoms with Crippen LogP contribution in [0.15, 0.2) is 29.3 Å².